The van der Waals surface area contributed by atoms with E-state index >= 15 is 0 Å². The van der Waals surface area contributed by atoms with Crippen molar-refractivity contribution in [3.05, 3.63) is 16.3 Å². The fourth-order valence-electron chi connectivity index (χ4n) is 2.24. The lowest BCUT2D eigenvalue weighted by molar-refractivity contribution is -0.142. The normalized spacial score (nSPS) is 20.1. The maximum Gasteiger partial charge on any atom is 0.326 e. The van der Waals surface area contributed by atoms with Crippen LogP contribution in [-0.2, 0) is 9.53 Å². The highest BCUT2D eigenvalue weighted by Crippen LogP contribution is 2.25. The van der Waals surface area contributed by atoms with Crippen molar-refractivity contribution in [3.63, 3.8) is 0 Å². The first-order chi connectivity index (χ1) is 9.63. The third-order valence-electron chi connectivity index (χ3n) is 3.27. The van der Waals surface area contributed by atoms with Gasteiger partial charge < -0.3 is 19.9 Å². The van der Waals surface area contributed by atoms with Crippen molar-refractivity contribution in [2.75, 3.05) is 20.3 Å². The minimum Gasteiger partial charge on any atom is -0.495 e. The van der Waals surface area contributed by atoms with Crippen molar-refractivity contribution < 1.29 is 24.2 Å². The molecule has 20 heavy (non-hydrogen) atoms. The lowest BCUT2D eigenvalue weighted by Gasteiger charge is -2.27. The summed E-state index contributed by atoms with van der Waals surface area (Å²) in [6, 6.07) is 0.744. The van der Waals surface area contributed by atoms with E-state index < -0.39 is 17.9 Å². The summed E-state index contributed by atoms with van der Waals surface area (Å²) in [5.74, 6) is -1.20. The number of nitrogens with one attached hydrogen (secondary N) is 1. The Morgan fingerprint density at radius 3 is 3.00 bits per heavy atom. The molecule has 1 aromatic rings. The molecule has 0 bridgehead atoms. The molecule has 6 nitrogen and oxygen atoms in total. The Hall–Kier alpha value is -1.60. The van der Waals surface area contributed by atoms with Crippen molar-refractivity contribution in [3.8, 4) is 5.75 Å². The third-order valence-corrected chi connectivity index (χ3v) is 4.17. The number of aliphatic carboxylic acids is 1. The summed E-state index contributed by atoms with van der Waals surface area (Å²) >= 11 is 1.22. The van der Waals surface area contributed by atoms with E-state index in [2.05, 4.69) is 5.32 Å². The first-order valence-corrected chi connectivity index (χ1v) is 7.24. The molecule has 1 amide bonds. The molecule has 1 saturated heterocycles. The molecule has 0 saturated carbocycles. The number of rotatable bonds is 5. The fraction of sp³-hybridized carbons (Fsp3) is 0.538. The summed E-state index contributed by atoms with van der Waals surface area (Å²) in [7, 11) is 1.47. The number of carbonyl (C=O) groups is 2. The standard InChI is InChI=1S/C13H17NO5S/c1-18-9-4-6-20-11(9)12(15)14-10(13(16)17)8-3-2-5-19-7-8/h4,6,8,10H,2-3,5,7H2,1H3,(H,14,15)(H,16,17). The van der Waals surface area contributed by atoms with Crippen LogP contribution < -0.4 is 10.1 Å². The average molecular weight is 299 g/mol. The highest BCUT2D eigenvalue weighted by atomic mass is 32.1. The summed E-state index contributed by atoms with van der Waals surface area (Å²) in [6.45, 7) is 1.01. The van der Waals surface area contributed by atoms with Crippen molar-refractivity contribution in [2.45, 2.75) is 18.9 Å². The van der Waals surface area contributed by atoms with Crippen LogP contribution in [0.15, 0.2) is 11.4 Å². The smallest absolute Gasteiger partial charge is 0.326 e. The minimum absolute atomic E-state index is 0.198. The van der Waals surface area contributed by atoms with Gasteiger partial charge in [-0.15, -0.1) is 11.3 Å². The van der Waals surface area contributed by atoms with Crippen LogP contribution in [0.3, 0.4) is 0 Å². The second-order valence-corrected chi connectivity index (χ2v) is 5.50. The number of carbonyl (C=O) groups excluding carboxylic acids is 1. The molecule has 2 unspecified atom stereocenters. The Morgan fingerprint density at radius 2 is 2.40 bits per heavy atom. The van der Waals surface area contributed by atoms with E-state index in [0.717, 1.165) is 12.8 Å². The predicted molar refractivity (Wildman–Crippen MR) is 73.3 cm³/mol. The Bertz CT molecular complexity index is 481. The second kappa shape index (κ2) is 6.71. The molecular formula is C13H17NO5S. The van der Waals surface area contributed by atoms with E-state index in [1.54, 1.807) is 11.4 Å². The summed E-state index contributed by atoms with van der Waals surface area (Å²) in [4.78, 5) is 23.9. The van der Waals surface area contributed by atoms with Crippen LogP contribution in [0.25, 0.3) is 0 Å². The van der Waals surface area contributed by atoms with Gasteiger partial charge in [0, 0.05) is 12.5 Å². The first kappa shape index (κ1) is 14.8. The van der Waals surface area contributed by atoms with Crippen molar-refractivity contribution >= 4 is 23.2 Å². The van der Waals surface area contributed by atoms with Crippen LogP contribution in [0, 0.1) is 5.92 Å². The number of thiophene rings is 1. The Labute approximate surface area is 120 Å². The van der Waals surface area contributed by atoms with Gasteiger partial charge in [-0.05, 0) is 24.3 Å². The van der Waals surface area contributed by atoms with Crippen molar-refractivity contribution in [1.82, 2.24) is 5.32 Å². The van der Waals surface area contributed by atoms with Gasteiger partial charge in [0.05, 0.1) is 13.7 Å². The zero-order chi connectivity index (χ0) is 14.5. The molecule has 0 radical (unpaired) electrons. The zero-order valence-electron chi connectivity index (χ0n) is 11.1. The highest BCUT2D eigenvalue weighted by molar-refractivity contribution is 7.12. The van der Waals surface area contributed by atoms with Gasteiger partial charge in [0.1, 0.15) is 16.7 Å². The number of methoxy groups -OCH3 is 1. The minimum atomic E-state index is -1.04. The Balaban J connectivity index is 2.08. The van der Waals surface area contributed by atoms with E-state index in [9.17, 15) is 14.7 Å². The molecule has 2 heterocycles. The van der Waals surface area contributed by atoms with Gasteiger partial charge >= 0.3 is 5.97 Å². The number of carboxylic acid groups (broad SMARTS) is 1. The van der Waals surface area contributed by atoms with E-state index in [4.69, 9.17) is 9.47 Å². The van der Waals surface area contributed by atoms with Crippen LogP contribution in [0.5, 0.6) is 5.75 Å². The van der Waals surface area contributed by atoms with Gasteiger partial charge in [-0.3, -0.25) is 4.79 Å². The zero-order valence-corrected chi connectivity index (χ0v) is 11.9. The highest BCUT2D eigenvalue weighted by Gasteiger charge is 2.32. The molecule has 2 rings (SSSR count). The monoisotopic (exact) mass is 299 g/mol. The molecule has 1 fully saturated rings. The molecule has 110 valence electrons. The van der Waals surface area contributed by atoms with Crippen LogP contribution in [0.1, 0.15) is 22.5 Å². The van der Waals surface area contributed by atoms with E-state index in [-0.39, 0.29) is 5.92 Å². The molecule has 1 aliphatic rings. The summed E-state index contributed by atoms with van der Waals surface area (Å²) in [5, 5.41) is 13.6. The van der Waals surface area contributed by atoms with Crippen molar-refractivity contribution in [1.29, 1.82) is 0 Å². The number of hydrogen-bond acceptors (Lipinski definition) is 5. The van der Waals surface area contributed by atoms with Gasteiger partial charge in [0.15, 0.2) is 0 Å². The topological polar surface area (TPSA) is 84.9 Å². The van der Waals surface area contributed by atoms with E-state index in [1.807, 2.05) is 0 Å². The summed E-state index contributed by atoms with van der Waals surface area (Å²) in [6.07, 6.45) is 1.55. The molecule has 0 spiro atoms. The predicted octanol–water partition coefficient (Wildman–Crippen LogP) is 1.37. The summed E-state index contributed by atoms with van der Waals surface area (Å²) < 4.78 is 10.4. The van der Waals surface area contributed by atoms with Crippen molar-refractivity contribution in [2.24, 2.45) is 5.92 Å². The van der Waals surface area contributed by atoms with Gasteiger partial charge in [0.2, 0.25) is 0 Å². The lowest BCUT2D eigenvalue weighted by Crippen LogP contribution is -2.48. The number of ether oxygens (including phenoxy) is 2. The number of carboxylic acids is 1. The third kappa shape index (κ3) is 3.29. The number of amides is 1. The first-order valence-electron chi connectivity index (χ1n) is 6.36. The van der Waals surface area contributed by atoms with Crippen LogP contribution in [0.4, 0.5) is 0 Å². The second-order valence-electron chi connectivity index (χ2n) is 4.58. The van der Waals surface area contributed by atoms with Gasteiger partial charge in [-0.25, -0.2) is 4.79 Å². The Morgan fingerprint density at radius 1 is 1.60 bits per heavy atom. The average Bonchev–Trinajstić information content (AvgIpc) is 2.93. The maximum atomic E-state index is 12.2. The van der Waals surface area contributed by atoms with Gasteiger partial charge in [-0.1, -0.05) is 0 Å². The van der Waals surface area contributed by atoms with E-state index in [1.165, 1.54) is 18.4 Å². The maximum absolute atomic E-state index is 12.2. The van der Waals surface area contributed by atoms with Crippen LogP contribution in [0.2, 0.25) is 0 Å². The molecule has 2 atom stereocenters. The largest absolute Gasteiger partial charge is 0.495 e. The van der Waals surface area contributed by atoms with Crippen LogP contribution in [-0.4, -0.2) is 43.3 Å². The SMILES string of the molecule is COc1ccsc1C(=O)NC(C(=O)O)C1CCCOC1. The van der Waals surface area contributed by atoms with E-state index in [0.29, 0.717) is 23.8 Å². The summed E-state index contributed by atoms with van der Waals surface area (Å²) in [5.41, 5.74) is 0. The molecule has 0 aliphatic carbocycles. The number of hydrogen-bond donors (Lipinski definition) is 2. The molecule has 1 aliphatic heterocycles. The molecule has 2 N–H and O–H groups in total. The molecule has 7 heteroatoms. The molecular weight excluding hydrogens is 282 g/mol. The van der Waals surface area contributed by atoms with Crippen LogP contribution >= 0.6 is 11.3 Å². The Kier molecular flexibility index (Phi) is 4.97. The molecule has 0 aromatic carbocycles. The lowest BCUT2D eigenvalue weighted by atomic mass is 9.93. The van der Waals surface area contributed by atoms with Gasteiger partial charge in [-0.2, -0.15) is 0 Å². The fourth-order valence-corrected chi connectivity index (χ4v) is 3.00. The quantitative estimate of drug-likeness (QED) is 0.857. The van der Waals surface area contributed by atoms with Gasteiger partial charge in [0.25, 0.3) is 5.91 Å². The molecule has 1 aromatic heterocycles.